The van der Waals surface area contributed by atoms with Crippen molar-refractivity contribution in [2.75, 3.05) is 25.5 Å². The van der Waals surface area contributed by atoms with Crippen LogP contribution in [0.1, 0.15) is 74.8 Å². The number of benzene rings is 1. The SMILES string of the molecule is CCn1c(=O)c(-c2ncc(C3CCCCC3)cc2Cl)cc2cnc(Nc3ccc(C4CCN(C)CC4)cc3)nc21. The standard InChI is InChI=1S/C32H37ClN6O/c1-3-39-30-25(17-27(31(39)40)29-28(33)18-24(19-34-29)21-7-5-4-6-8-21)20-35-32(37-30)36-26-11-9-22(10-12-26)23-13-15-38(2)16-14-23/h9-12,17-21,23H,3-8,13-16H2,1-2H3,(H,35,36,37). The summed E-state index contributed by atoms with van der Waals surface area (Å²) >= 11 is 6.73. The average Bonchev–Trinajstić information content (AvgIpc) is 2.98. The molecule has 40 heavy (non-hydrogen) atoms. The first-order chi connectivity index (χ1) is 19.5. The molecule has 208 valence electrons. The minimum absolute atomic E-state index is 0.151. The van der Waals surface area contributed by atoms with Gasteiger partial charge in [-0.25, -0.2) is 4.98 Å². The molecule has 6 rings (SSSR count). The second-order valence-electron chi connectivity index (χ2n) is 11.3. The zero-order chi connectivity index (χ0) is 27.6. The van der Waals surface area contributed by atoms with Gasteiger partial charge in [-0.2, -0.15) is 4.98 Å². The summed E-state index contributed by atoms with van der Waals surface area (Å²) in [4.78, 5) is 30.0. The highest BCUT2D eigenvalue weighted by Crippen LogP contribution is 2.35. The number of hydrogen-bond acceptors (Lipinski definition) is 6. The zero-order valence-corrected chi connectivity index (χ0v) is 24.1. The van der Waals surface area contributed by atoms with Gasteiger partial charge in [-0.05, 0) is 100.0 Å². The molecule has 1 aliphatic carbocycles. The van der Waals surface area contributed by atoms with Gasteiger partial charge in [0.2, 0.25) is 5.95 Å². The fourth-order valence-electron chi connectivity index (χ4n) is 6.30. The molecule has 4 heterocycles. The van der Waals surface area contributed by atoms with E-state index in [1.54, 1.807) is 10.8 Å². The van der Waals surface area contributed by atoms with E-state index >= 15 is 0 Å². The molecule has 3 aromatic heterocycles. The van der Waals surface area contributed by atoms with Crippen LogP contribution in [0.5, 0.6) is 0 Å². The third-order valence-corrected chi connectivity index (χ3v) is 8.98. The molecule has 4 aromatic rings. The molecule has 1 saturated heterocycles. The summed E-state index contributed by atoms with van der Waals surface area (Å²) in [6.07, 6.45) is 12.2. The smallest absolute Gasteiger partial charge is 0.261 e. The van der Waals surface area contributed by atoms with Gasteiger partial charge >= 0.3 is 0 Å². The van der Waals surface area contributed by atoms with E-state index in [2.05, 4.69) is 51.5 Å². The first-order valence-corrected chi connectivity index (χ1v) is 15.0. The highest BCUT2D eigenvalue weighted by atomic mass is 35.5. The molecule has 1 saturated carbocycles. The van der Waals surface area contributed by atoms with Gasteiger partial charge in [0.25, 0.3) is 5.56 Å². The molecule has 0 unspecified atom stereocenters. The Balaban J connectivity index is 1.26. The molecule has 1 aromatic carbocycles. The van der Waals surface area contributed by atoms with Crippen molar-refractivity contribution in [2.24, 2.45) is 0 Å². The highest BCUT2D eigenvalue weighted by Gasteiger charge is 2.21. The molecule has 0 radical (unpaired) electrons. The zero-order valence-electron chi connectivity index (χ0n) is 23.4. The van der Waals surface area contributed by atoms with Gasteiger partial charge in [-0.3, -0.25) is 14.3 Å². The van der Waals surface area contributed by atoms with Crippen molar-refractivity contribution in [1.82, 2.24) is 24.4 Å². The van der Waals surface area contributed by atoms with Gasteiger partial charge in [-0.1, -0.05) is 43.0 Å². The summed E-state index contributed by atoms with van der Waals surface area (Å²) in [5, 5.41) is 4.61. The quantitative estimate of drug-likeness (QED) is 0.272. The summed E-state index contributed by atoms with van der Waals surface area (Å²) in [6.45, 7) is 4.71. The second kappa shape index (κ2) is 11.7. The number of aromatic nitrogens is 4. The van der Waals surface area contributed by atoms with Crippen LogP contribution < -0.4 is 10.9 Å². The number of nitrogens with zero attached hydrogens (tertiary/aromatic N) is 5. The van der Waals surface area contributed by atoms with Crippen LogP contribution in [0.25, 0.3) is 22.3 Å². The summed E-state index contributed by atoms with van der Waals surface area (Å²) < 4.78 is 1.67. The van der Waals surface area contributed by atoms with E-state index in [9.17, 15) is 4.79 Å². The van der Waals surface area contributed by atoms with Crippen molar-refractivity contribution < 1.29 is 0 Å². The number of rotatable bonds is 6. The third-order valence-electron chi connectivity index (χ3n) is 8.69. The van der Waals surface area contributed by atoms with Gasteiger partial charge in [0.15, 0.2) is 0 Å². The van der Waals surface area contributed by atoms with Crippen molar-refractivity contribution in [3.63, 3.8) is 0 Å². The van der Waals surface area contributed by atoms with Crippen molar-refractivity contribution in [3.05, 3.63) is 75.3 Å². The molecule has 0 spiro atoms. The van der Waals surface area contributed by atoms with Crippen molar-refractivity contribution >= 4 is 34.3 Å². The topological polar surface area (TPSA) is 75.9 Å². The number of aryl methyl sites for hydroxylation is 1. The Bertz CT molecular complexity index is 1550. The van der Waals surface area contributed by atoms with Crippen LogP contribution in [-0.2, 0) is 6.54 Å². The lowest BCUT2D eigenvalue weighted by Crippen LogP contribution is -2.29. The minimum Gasteiger partial charge on any atom is -0.324 e. The van der Waals surface area contributed by atoms with Crippen molar-refractivity contribution in [3.8, 4) is 11.3 Å². The Morgan fingerprint density at radius 2 is 1.65 bits per heavy atom. The number of likely N-dealkylation sites (tertiary alicyclic amines) is 1. The van der Waals surface area contributed by atoms with Gasteiger partial charge < -0.3 is 10.2 Å². The Hall–Kier alpha value is -3.29. The van der Waals surface area contributed by atoms with E-state index in [1.807, 2.05) is 25.3 Å². The monoisotopic (exact) mass is 556 g/mol. The minimum atomic E-state index is -0.151. The number of pyridine rings is 2. The Morgan fingerprint density at radius 3 is 2.35 bits per heavy atom. The lowest BCUT2D eigenvalue weighted by Gasteiger charge is -2.29. The second-order valence-corrected chi connectivity index (χ2v) is 11.7. The molecule has 1 aliphatic heterocycles. The van der Waals surface area contributed by atoms with E-state index in [-0.39, 0.29) is 5.56 Å². The maximum atomic E-state index is 13.6. The molecule has 7 nitrogen and oxygen atoms in total. The van der Waals surface area contributed by atoms with Crippen LogP contribution in [-0.4, -0.2) is 44.6 Å². The predicted octanol–water partition coefficient (Wildman–Crippen LogP) is 7.13. The molecule has 0 bridgehead atoms. The maximum absolute atomic E-state index is 13.6. The largest absolute Gasteiger partial charge is 0.324 e. The van der Waals surface area contributed by atoms with Crippen LogP contribution in [0.15, 0.2) is 53.6 Å². The van der Waals surface area contributed by atoms with E-state index in [1.165, 1.54) is 56.1 Å². The number of hydrogen-bond donors (Lipinski definition) is 1. The Morgan fingerprint density at radius 1 is 0.925 bits per heavy atom. The van der Waals surface area contributed by atoms with E-state index in [0.717, 1.165) is 24.2 Å². The summed E-state index contributed by atoms with van der Waals surface area (Å²) in [5.74, 6) is 1.57. The van der Waals surface area contributed by atoms with Crippen LogP contribution >= 0.6 is 11.6 Å². The summed E-state index contributed by atoms with van der Waals surface area (Å²) in [6, 6.07) is 12.4. The van der Waals surface area contributed by atoms with Gasteiger partial charge in [0.1, 0.15) is 5.65 Å². The van der Waals surface area contributed by atoms with Gasteiger partial charge in [0, 0.05) is 30.0 Å². The molecule has 2 aliphatic rings. The van der Waals surface area contributed by atoms with Gasteiger partial charge in [0.05, 0.1) is 16.3 Å². The van der Waals surface area contributed by atoms with E-state index in [4.69, 9.17) is 16.6 Å². The maximum Gasteiger partial charge on any atom is 0.261 e. The predicted molar refractivity (Wildman–Crippen MR) is 163 cm³/mol. The first-order valence-electron chi connectivity index (χ1n) is 14.6. The number of piperidine rings is 1. The van der Waals surface area contributed by atoms with Crippen LogP contribution in [0, 0.1) is 0 Å². The molecular weight excluding hydrogens is 520 g/mol. The number of halogens is 1. The molecular formula is C32H37ClN6O. The van der Waals surface area contributed by atoms with Crippen LogP contribution in [0.3, 0.4) is 0 Å². The number of fused-ring (bicyclic) bond motifs is 1. The van der Waals surface area contributed by atoms with Gasteiger partial charge in [-0.15, -0.1) is 0 Å². The number of anilines is 2. The van der Waals surface area contributed by atoms with Crippen molar-refractivity contribution in [2.45, 2.75) is 70.3 Å². The van der Waals surface area contributed by atoms with E-state index in [0.29, 0.717) is 46.3 Å². The summed E-state index contributed by atoms with van der Waals surface area (Å²) in [5.41, 5.74) is 4.90. The molecule has 2 fully saturated rings. The fraction of sp³-hybridized carbons (Fsp3) is 0.438. The van der Waals surface area contributed by atoms with Crippen molar-refractivity contribution in [1.29, 1.82) is 0 Å². The Labute approximate surface area is 240 Å². The normalized spacial score (nSPS) is 17.4. The lowest BCUT2D eigenvalue weighted by molar-refractivity contribution is 0.255. The van der Waals surface area contributed by atoms with Crippen LogP contribution in [0.4, 0.5) is 11.6 Å². The highest BCUT2D eigenvalue weighted by molar-refractivity contribution is 6.33. The Kier molecular flexibility index (Phi) is 7.85. The molecule has 8 heteroatoms. The summed E-state index contributed by atoms with van der Waals surface area (Å²) in [7, 11) is 2.19. The average molecular weight is 557 g/mol. The molecule has 1 N–H and O–H groups in total. The molecule has 0 atom stereocenters. The first kappa shape index (κ1) is 26.9. The number of nitrogens with one attached hydrogen (secondary N) is 1. The van der Waals surface area contributed by atoms with Crippen LogP contribution in [0.2, 0.25) is 5.02 Å². The fourth-order valence-corrected chi connectivity index (χ4v) is 6.58. The third kappa shape index (κ3) is 5.50. The molecule has 0 amide bonds. The lowest BCUT2D eigenvalue weighted by atomic mass is 9.85. The van der Waals surface area contributed by atoms with E-state index < -0.39 is 0 Å².